The van der Waals surface area contributed by atoms with Crippen molar-refractivity contribution in [1.82, 2.24) is 19.9 Å². The first-order valence-corrected chi connectivity index (χ1v) is 7.47. The molecule has 1 aliphatic heterocycles. The van der Waals surface area contributed by atoms with Gasteiger partial charge in [0.25, 0.3) is 0 Å². The molecule has 0 amide bonds. The maximum atomic E-state index is 4.19. The first kappa shape index (κ1) is 13.0. The van der Waals surface area contributed by atoms with Crippen molar-refractivity contribution in [1.29, 1.82) is 0 Å². The monoisotopic (exact) mass is 300 g/mol. The Bertz CT molecular complexity index is 333. The van der Waals surface area contributed by atoms with Gasteiger partial charge in [-0.05, 0) is 45.3 Å². The van der Waals surface area contributed by atoms with Crippen LogP contribution in [0.5, 0.6) is 0 Å². The zero-order chi connectivity index (χ0) is 12.1. The summed E-state index contributed by atoms with van der Waals surface area (Å²) in [6.07, 6.45) is 7.02. The number of halogens is 1. The number of nitrogens with zero attached hydrogens (tertiary/aromatic N) is 4. The van der Waals surface area contributed by atoms with Crippen molar-refractivity contribution in [3.63, 3.8) is 0 Å². The summed E-state index contributed by atoms with van der Waals surface area (Å²) in [7, 11) is 0. The van der Waals surface area contributed by atoms with Crippen LogP contribution >= 0.6 is 15.9 Å². The summed E-state index contributed by atoms with van der Waals surface area (Å²) in [5.41, 5.74) is 1.05. The molecule has 0 aromatic carbocycles. The number of aryl methyl sites for hydroxylation is 1. The fourth-order valence-electron chi connectivity index (χ4n) is 2.24. The number of hydrogen-bond donors (Lipinski definition) is 0. The van der Waals surface area contributed by atoms with E-state index in [4.69, 9.17) is 0 Å². The average Bonchev–Trinajstić information content (AvgIpc) is 2.99. The second kappa shape index (κ2) is 6.50. The molecule has 1 aliphatic rings. The van der Waals surface area contributed by atoms with Gasteiger partial charge in [0.15, 0.2) is 0 Å². The van der Waals surface area contributed by atoms with Crippen LogP contribution in [-0.2, 0) is 6.54 Å². The molecule has 2 rings (SSSR count). The molecule has 1 aromatic rings. The standard InChI is InChI=1S/C12H21BrN4/c1-2-11(13)12-10-17(15-14-12)9-5-8-16-6-3-4-7-16/h10-11H,2-9H2,1H3. The molecular weight excluding hydrogens is 280 g/mol. The van der Waals surface area contributed by atoms with E-state index in [1.807, 2.05) is 4.68 Å². The van der Waals surface area contributed by atoms with Gasteiger partial charge in [0.2, 0.25) is 0 Å². The van der Waals surface area contributed by atoms with E-state index in [2.05, 4.69) is 44.3 Å². The Morgan fingerprint density at radius 2 is 2.12 bits per heavy atom. The SMILES string of the molecule is CCC(Br)c1cn(CCCN2CCCC2)nn1. The van der Waals surface area contributed by atoms with Gasteiger partial charge < -0.3 is 4.90 Å². The topological polar surface area (TPSA) is 34.0 Å². The zero-order valence-electron chi connectivity index (χ0n) is 10.5. The highest BCUT2D eigenvalue weighted by Crippen LogP contribution is 2.23. The first-order chi connectivity index (χ1) is 8.29. The van der Waals surface area contributed by atoms with Crippen molar-refractivity contribution in [2.45, 2.75) is 44.0 Å². The van der Waals surface area contributed by atoms with Crippen LogP contribution in [0.2, 0.25) is 0 Å². The molecule has 0 spiro atoms. The van der Waals surface area contributed by atoms with Crippen molar-refractivity contribution in [2.24, 2.45) is 0 Å². The highest BCUT2D eigenvalue weighted by molar-refractivity contribution is 9.09. The third-order valence-electron chi connectivity index (χ3n) is 3.30. The van der Waals surface area contributed by atoms with Crippen LogP contribution < -0.4 is 0 Å². The van der Waals surface area contributed by atoms with Crippen molar-refractivity contribution in [3.8, 4) is 0 Å². The molecule has 1 fully saturated rings. The molecule has 4 nitrogen and oxygen atoms in total. The van der Waals surface area contributed by atoms with E-state index in [-0.39, 0.29) is 0 Å². The van der Waals surface area contributed by atoms with E-state index in [0.29, 0.717) is 4.83 Å². The fraction of sp³-hybridized carbons (Fsp3) is 0.833. The van der Waals surface area contributed by atoms with Crippen molar-refractivity contribution < 1.29 is 0 Å². The summed E-state index contributed by atoms with van der Waals surface area (Å²) < 4.78 is 1.97. The minimum Gasteiger partial charge on any atom is -0.303 e. The van der Waals surface area contributed by atoms with E-state index in [0.717, 1.165) is 18.7 Å². The summed E-state index contributed by atoms with van der Waals surface area (Å²) in [5, 5.41) is 8.36. The van der Waals surface area contributed by atoms with Crippen LogP contribution in [0.15, 0.2) is 6.20 Å². The fourth-order valence-corrected chi connectivity index (χ4v) is 2.45. The lowest BCUT2D eigenvalue weighted by Crippen LogP contribution is -2.21. The number of aromatic nitrogens is 3. The van der Waals surface area contributed by atoms with Gasteiger partial charge in [0.1, 0.15) is 0 Å². The summed E-state index contributed by atoms with van der Waals surface area (Å²) in [4.78, 5) is 2.88. The maximum Gasteiger partial charge on any atom is 0.0963 e. The highest BCUT2D eigenvalue weighted by Gasteiger charge is 2.12. The molecule has 0 aliphatic carbocycles. The molecule has 1 saturated heterocycles. The smallest absolute Gasteiger partial charge is 0.0963 e. The second-order valence-electron chi connectivity index (χ2n) is 4.68. The van der Waals surface area contributed by atoms with E-state index < -0.39 is 0 Å². The van der Waals surface area contributed by atoms with Crippen LogP contribution in [0, 0.1) is 0 Å². The molecule has 1 atom stereocenters. The summed E-state index contributed by atoms with van der Waals surface area (Å²) in [5.74, 6) is 0. The lowest BCUT2D eigenvalue weighted by molar-refractivity contribution is 0.321. The van der Waals surface area contributed by atoms with Crippen LogP contribution in [0.25, 0.3) is 0 Å². The predicted molar refractivity (Wildman–Crippen MR) is 72.3 cm³/mol. The van der Waals surface area contributed by atoms with Gasteiger partial charge in [-0.15, -0.1) is 5.10 Å². The Morgan fingerprint density at radius 3 is 2.82 bits per heavy atom. The molecule has 0 radical (unpaired) electrons. The van der Waals surface area contributed by atoms with Gasteiger partial charge >= 0.3 is 0 Å². The summed E-state index contributed by atoms with van der Waals surface area (Å²) in [6.45, 7) is 6.88. The lowest BCUT2D eigenvalue weighted by Gasteiger charge is -2.13. The van der Waals surface area contributed by atoms with Gasteiger partial charge in [-0.3, -0.25) is 4.68 Å². The number of alkyl halides is 1. The van der Waals surface area contributed by atoms with Crippen molar-refractivity contribution in [2.75, 3.05) is 19.6 Å². The van der Waals surface area contributed by atoms with Crippen molar-refractivity contribution >= 4 is 15.9 Å². The van der Waals surface area contributed by atoms with Crippen molar-refractivity contribution in [3.05, 3.63) is 11.9 Å². The Hall–Kier alpha value is -0.420. The Labute approximate surface area is 111 Å². The number of rotatable bonds is 6. The van der Waals surface area contributed by atoms with Gasteiger partial charge in [-0.1, -0.05) is 28.1 Å². The molecule has 0 saturated carbocycles. The Morgan fingerprint density at radius 1 is 1.35 bits per heavy atom. The summed E-state index contributed by atoms with van der Waals surface area (Å²) >= 11 is 3.60. The molecular formula is C12H21BrN4. The molecule has 17 heavy (non-hydrogen) atoms. The van der Waals surface area contributed by atoms with Crippen LogP contribution in [0.3, 0.4) is 0 Å². The van der Waals surface area contributed by atoms with Gasteiger partial charge in [-0.2, -0.15) is 0 Å². The van der Waals surface area contributed by atoms with Gasteiger partial charge in [-0.25, -0.2) is 0 Å². The third kappa shape index (κ3) is 3.78. The lowest BCUT2D eigenvalue weighted by atomic mass is 10.3. The normalized spacial score (nSPS) is 18.7. The minimum atomic E-state index is 0.342. The molecule has 0 N–H and O–H groups in total. The number of likely N-dealkylation sites (tertiary alicyclic amines) is 1. The van der Waals surface area contributed by atoms with Crippen LogP contribution in [0.1, 0.15) is 43.1 Å². The number of hydrogen-bond acceptors (Lipinski definition) is 3. The maximum absolute atomic E-state index is 4.19. The zero-order valence-corrected chi connectivity index (χ0v) is 12.1. The molecule has 96 valence electrons. The largest absolute Gasteiger partial charge is 0.303 e. The minimum absolute atomic E-state index is 0.342. The average molecular weight is 301 g/mol. The molecule has 2 heterocycles. The Kier molecular flexibility index (Phi) is 4.98. The molecule has 1 aromatic heterocycles. The van der Waals surface area contributed by atoms with E-state index in [1.54, 1.807) is 0 Å². The molecule has 5 heteroatoms. The van der Waals surface area contributed by atoms with E-state index in [9.17, 15) is 0 Å². The molecule has 1 unspecified atom stereocenters. The van der Waals surface area contributed by atoms with E-state index in [1.165, 1.54) is 38.9 Å². The quantitative estimate of drug-likeness (QED) is 0.757. The van der Waals surface area contributed by atoms with Gasteiger partial charge in [0, 0.05) is 12.7 Å². The van der Waals surface area contributed by atoms with E-state index >= 15 is 0 Å². The second-order valence-corrected chi connectivity index (χ2v) is 5.79. The van der Waals surface area contributed by atoms with Crippen LogP contribution in [0.4, 0.5) is 0 Å². The third-order valence-corrected chi connectivity index (χ3v) is 4.41. The predicted octanol–water partition coefficient (Wildman–Crippen LogP) is 2.61. The highest BCUT2D eigenvalue weighted by atomic mass is 79.9. The first-order valence-electron chi connectivity index (χ1n) is 6.56. The molecule has 0 bridgehead atoms. The van der Waals surface area contributed by atoms with Crippen LogP contribution in [-0.4, -0.2) is 39.5 Å². The van der Waals surface area contributed by atoms with Gasteiger partial charge in [0.05, 0.1) is 10.5 Å². The summed E-state index contributed by atoms with van der Waals surface area (Å²) in [6, 6.07) is 0. The Balaban J connectivity index is 1.73.